The van der Waals surface area contributed by atoms with Gasteiger partial charge in [0.2, 0.25) is 0 Å². The van der Waals surface area contributed by atoms with Gasteiger partial charge in [0.15, 0.2) is 0 Å². The van der Waals surface area contributed by atoms with Crippen molar-refractivity contribution in [2.45, 2.75) is 0 Å². The maximum atomic E-state index is 11.7. The normalized spacial score (nSPS) is 10.8. The first-order chi connectivity index (χ1) is 9.40. The highest BCUT2D eigenvalue weighted by molar-refractivity contribution is 7.86. The predicted octanol–water partition coefficient (Wildman–Crippen LogP) is 1.47. The summed E-state index contributed by atoms with van der Waals surface area (Å²) in [4.78, 5) is 11.7. The van der Waals surface area contributed by atoms with E-state index >= 15 is 0 Å². The standard InChI is InChI=1S/C13H10N2O4S/c1-20(17,18)19-13(16)10-4-2-5-11(8-10)15-7-3-6-12(15)9-14/h2-8H,1H3. The van der Waals surface area contributed by atoms with E-state index in [2.05, 4.69) is 4.18 Å². The van der Waals surface area contributed by atoms with Crippen LogP contribution in [0, 0.1) is 11.3 Å². The summed E-state index contributed by atoms with van der Waals surface area (Å²) in [6.45, 7) is 0. The number of rotatable bonds is 3. The number of benzene rings is 1. The molecule has 0 aliphatic heterocycles. The fourth-order valence-corrected chi connectivity index (χ4v) is 2.04. The molecule has 0 saturated heterocycles. The first-order valence-electron chi connectivity index (χ1n) is 5.52. The van der Waals surface area contributed by atoms with Crippen molar-refractivity contribution in [3.63, 3.8) is 0 Å². The molecule has 0 radical (unpaired) electrons. The minimum atomic E-state index is -3.86. The molecule has 0 bridgehead atoms. The van der Waals surface area contributed by atoms with Crippen molar-refractivity contribution in [2.24, 2.45) is 0 Å². The Bertz CT molecular complexity index is 800. The van der Waals surface area contributed by atoms with Gasteiger partial charge in [0.1, 0.15) is 11.8 Å². The van der Waals surface area contributed by atoms with Crippen molar-refractivity contribution >= 4 is 16.1 Å². The summed E-state index contributed by atoms with van der Waals surface area (Å²) in [6, 6.07) is 11.5. The van der Waals surface area contributed by atoms with E-state index in [0.717, 1.165) is 6.26 Å². The van der Waals surface area contributed by atoms with Gasteiger partial charge in [0.05, 0.1) is 11.8 Å². The maximum Gasteiger partial charge on any atom is 0.353 e. The monoisotopic (exact) mass is 290 g/mol. The lowest BCUT2D eigenvalue weighted by Gasteiger charge is -2.07. The van der Waals surface area contributed by atoms with Gasteiger partial charge in [-0.05, 0) is 30.3 Å². The minimum absolute atomic E-state index is 0.0884. The molecular weight excluding hydrogens is 280 g/mol. The molecule has 2 rings (SSSR count). The van der Waals surface area contributed by atoms with Gasteiger partial charge < -0.3 is 8.75 Å². The van der Waals surface area contributed by atoms with Crippen LogP contribution in [0.2, 0.25) is 0 Å². The fourth-order valence-electron chi connectivity index (χ4n) is 1.67. The van der Waals surface area contributed by atoms with Gasteiger partial charge in [-0.15, -0.1) is 0 Å². The summed E-state index contributed by atoms with van der Waals surface area (Å²) >= 11 is 0. The molecule has 102 valence electrons. The number of nitrogens with zero attached hydrogens (tertiary/aromatic N) is 2. The minimum Gasteiger partial charge on any atom is -0.341 e. The van der Waals surface area contributed by atoms with Crippen molar-refractivity contribution in [3.8, 4) is 11.8 Å². The van der Waals surface area contributed by atoms with Crippen LogP contribution in [0.3, 0.4) is 0 Å². The summed E-state index contributed by atoms with van der Waals surface area (Å²) in [5.74, 6) is -0.958. The average molecular weight is 290 g/mol. The van der Waals surface area contributed by atoms with Crippen molar-refractivity contribution in [1.29, 1.82) is 5.26 Å². The molecule has 0 aliphatic carbocycles. The van der Waals surface area contributed by atoms with Crippen LogP contribution in [0.4, 0.5) is 0 Å². The summed E-state index contributed by atoms with van der Waals surface area (Å²) in [5, 5.41) is 8.96. The Balaban J connectivity index is 2.39. The zero-order valence-electron chi connectivity index (χ0n) is 10.5. The lowest BCUT2D eigenvalue weighted by Crippen LogP contribution is -2.11. The van der Waals surface area contributed by atoms with E-state index in [4.69, 9.17) is 5.26 Å². The summed E-state index contributed by atoms with van der Waals surface area (Å²) in [6.07, 6.45) is 2.47. The molecule has 0 amide bonds. The van der Waals surface area contributed by atoms with Crippen LogP contribution in [0.15, 0.2) is 42.6 Å². The summed E-state index contributed by atoms with van der Waals surface area (Å²) in [7, 11) is -3.86. The Hall–Kier alpha value is -2.59. The molecule has 1 heterocycles. The van der Waals surface area contributed by atoms with Gasteiger partial charge in [-0.25, -0.2) is 4.79 Å². The number of hydrogen-bond donors (Lipinski definition) is 0. The largest absolute Gasteiger partial charge is 0.353 e. The quantitative estimate of drug-likeness (QED) is 0.798. The molecular formula is C13H10N2O4S. The van der Waals surface area contributed by atoms with Crippen molar-refractivity contribution < 1.29 is 17.4 Å². The molecule has 0 spiro atoms. The van der Waals surface area contributed by atoms with E-state index in [0.29, 0.717) is 11.4 Å². The lowest BCUT2D eigenvalue weighted by molar-refractivity contribution is 0.0748. The molecule has 20 heavy (non-hydrogen) atoms. The highest BCUT2D eigenvalue weighted by Gasteiger charge is 2.14. The Labute approximate surface area is 116 Å². The van der Waals surface area contributed by atoms with E-state index in [1.54, 1.807) is 35.0 Å². The third-order valence-corrected chi connectivity index (χ3v) is 2.90. The van der Waals surface area contributed by atoms with Crippen molar-refractivity contribution in [1.82, 2.24) is 4.57 Å². The lowest BCUT2D eigenvalue weighted by atomic mass is 10.2. The van der Waals surface area contributed by atoms with E-state index < -0.39 is 16.1 Å². The molecule has 0 aliphatic rings. The van der Waals surface area contributed by atoms with Crippen LogP contribution < -0.4 is 0 Å². The fraction of sp³-hybridized carbons (Fsp3) is 0.0769. The molecule has 0 unspecified atom stereocenters. The Morgan fingerprint density at radius 2 is 2.05 bits per heavy atom. The highest BCUT2D eigenvalue weighted by Crippen LogP contribution is 2.15. The molecule has 0 N–H and O–H groups in total. The highest BCUT2D eigenvalue weighted by atomic mass is 32.2. The van der Waals surface area contributed by atoms with Gasteiger partial charge in [-0.3, -0.25) is 0 Å². The van der Waals surface area contributed by atoms with Gasteiger partial charge in [0.25, 0.3) is 0 Å². The third-order valence-electron chi connectivity index (χ3n) is 2.45. The molecule has 0 atom stereocenters. The van der Waals surface area contributed by atoms with Gasteiger partial charge >= 0.3 is 16.1 Å². The SMILES string of the molecule is CS(=O)(=O)OC(=O)c1cccc(-n2cccc2C#N)c1. The second-order valence-corrected chi connectivity index (χ2v) is 5.58. The molecule has 0 fully saturated rings. The number of carbonyl (C=O) groups excluding carboxylic acids is 1. The zero-order chi connectivity index (χ0) is 14.8. The van der Waals surface area contributed by atoms with Crippen LogP contribution >= 0.6 is 0 Å². The first-order valence-corrected chi connectivity index (χ1v) is 7.34. The Morgan fingerprint density at radius 3 is 2.70 bits per heavy atom. The Morgan fingerprint density at radius 1 is 1.30 bits per heavy atom. The van der Waals surface area contributed by atoms with Crippen molar-refractivity contribution in [2.75, 3.05) is 6.26 Å². The van der Waals surface area contributed by atoms with E-state index in [1.165, 1.54) is 12.1 Å². The summed E-state index contributed by atoms with van der Waals surface area (Å²) in [5.41, 5.74) is 1.05. The molecule has 1 aromatic heterocycles. The van der Waals surface area contributed by atoms with E-state index in [9.17, 15) is 13.2 Å². The second-order valence-electron chi connectivity index (χ2n) is 4.00. The summed E-state index contributed by atoms with van der Waals surface area (Å²) < 4.78 is 27.8. The van der Waals surface area contributed by atoms with Crippen LogP contribution in [-0.4, -0.2) is 25.2 Å². The second kappa shape index (κ2) is 5.19. The average Bonchev–Trinajstić information content (AvgIpc) is 2.85. The van der Waals surface area contributed by atoms with Crippen LogP contribution in [0.5, 0.6) is 0 Å². The molecule has 6 nitrogen and oxygen atoms in total. The molecule has 1 aromatic carbocycles. The molecule has 2 aromatic rings. The first kappa shape index (κ1) is 13.8. The molecule has 0 saturated carbocycles. The van der Waals surface area contributed by atoms with Crippen LogP contribution in [-0.2, 0) is 14.3 Å². The number of hydrogen-bond acceptors (Lipinski definition) is 5. The van der Waals surface area contributed by atoms with Gasteiger partial charge in [-0.2, -0.15) is 13.7 Å². The Kier molecular flexibility index (Phi) is 3.59. The van der Waals surface area contributed by atoms with E-state index in [-0.39, 0.29) is 5.56 Å². The van der Waals surface area contributed by atoms with Crippen molar-refractivity contribution in [3.05, 3.63) is 53.9 Å². The third kappa shape index (κ3) is 3.05. The van der Waals surface area contributed by atoms with Gasteiger partial charge in [0, 0.05) is 11.9 Å². The van der Waals surface area contributed by atoms with Gasteiger partial charge in [-0.1, -0.05) is 6.07 Å². The predicted molar refractivity (Wildman–Crippen MR) is 70.7 cm³/mol. The number of carbonyl (C=O) groups is 1. The number of nitriles is 1. The number of aromatic nitrogens is 1. The topological polar surface area (TPSA) is 89.2 Å². The van der Waals surface area contributed by atoms with Crippen LogP contribution in [0.1, 0.15) is 16.1 Å². The smallest absolute Gasteiger partial charge is 0.341 e. The zero-order valence-corrected chi connectivity index (χ0v) is 11.3. The molecule has 7 heteroatoms. The van der Waals surface area contributed by atoms with Crippen LogP contribution in [0.25, 0.3) is 5.69 Å². The maximum absolute atomic E-state index is 11.7. The van der Waals surface area contributed by atoms with E-state index in [1.807, 2.05) is 6.07 Å².